The van der Waals surface area contributed by atoms with Crippen molar-refractivity contribution in [3.63, 3.8) is 0 Å². The molecule has 1 aliphatic rings. The molecule has 0 radical (unpaired) electrons. The highest BCUT2D eigenvalue weighted by atomic mass is 16.3. The van der Waals surface area contributed by atoms with Crippen LogP contribution in [0.5, 0.6) is 0 Å². The molecule has 0 unspecified atom stereocenters. The van der Waals surface area contributed by atoms with Crippen LogP contribution in [0, 0.1) is 0 Å². The number of rotatable bonds is 6. The van der Waals surface area contributed by atoms with Crippen molar-refractivity contribution in [1.82, 2.24) is 15.0 Å². The predicted molar refractivity (Wildman–Crippen MR) is 113 cm³/mol. The lowest BCUT2D eigenvalue weighted by atomic mass is 9.92. The Kier molecular flexibility index (Phi) is 5.00. The van der Waals surface area contributed by atoms with Gasteiger partial charge in [0.1, 0.15) is 5.82 Å². The molecule has 140 valence electrons. The second-order valence-corrected chi connectivity index (χ2v) is 6.80. The second kappa shape index (κ2) is 7.74. The lowest BCUT2D eigenvalue weighted by Crippen LogP contribution is -2.46. The summed E-state index contributed by atoms with van der Waals surface area (Å²) in [6, 6.07) is 11.9. The molecule has 5 heteroatoms. The number of nitrogens with zero attached hydrogens (tertiary/aromatic N) is 4. The maximum Gasteiger partial charge on any atom is 0.129 e. The number of benzene rings is 1. The number of aromatic nitrogens is 3. The van der Waals surface area contributed by atoms with Gasteiger partial charge in [-0.2, -0.15) is 0 Å². The summed E-state index contributed by atoms with van der Waals surface area (Å²) in [5, 5.41) is 9.25. The number of hydrogen-bond donors (Lipinski definition) is 1. The third-order valence-corrected chi connectivity index (χ3v) is 5.08. The minimum absolute atomic E-state index is 0.0372. The molecule has 1 aromatic carbocycles. The molecule has 0 saturated carbocycles. The lowest BCUT2D eigenvalue weighted by Gasteiger charge is -2.40. The molecule has 1 aliphatic heterocycles. The van der Waals surface area contributed by atoms with Gasteiger partial charge in [0.05, 0.1) is 23.7 Å². The van der Waals surface area contributed by atoms with Crippen LogP contribution in [0.4, 0.5) is 5.82 Å². The average molecular weight is 370 g/mol. The second-order valence-electron chi connectivity index (χ2n) is 6.80. The summed E-state index contributed by atoms with van der Waals surface area (Å²) in [6.07, 6.45) is 7.02. The molecule has 3 aromatic rings. The summed E-state index contributed by atoms with van der Waals surface area (Å²) in [7, 11) is 0. The van der Waals surface area contributed by atoms with Crippen LogP contribution < -0.4 is 4.90 Å². The van der Waals surface area contributed by atoms with Crippen molar-refractivity contribution >= 4 is 18.0 Å². The van der Waals surface area contributed by atoms with E-state index in [1.54, 1.807) is 24.5 Å². The van der Waals surface area contributed by atoms with Crippen molar-refractivity contribution in [3.8, 4) is 11.3 Å². The zero-order valence-electron chi connectivity index (χ0n) is 15.6. The fourth-order valence-electron chi connectivity index (χ4n) is 3.46. The van der Waals surface area contributed by atoms with Crippen LogP contribution in [0.1, 0.15) is 28.4 Å². The Labute approximate surface area is 164 Å². The number of aliphatic hydroxyl groups excluding tert-OH is 1. The minimum Gasteiger partial charge on any atom is -0.392 e. The van der Waals surface area contributed by atoms with E-state index in [9.17, 15) is 5.11 Å². The van der Waals surface area contributed by atoms with Crippen molar-refractivity contribution in [2.75, 3.05) is 18.0 Å². The van der Waals surface area contributed by atoms with Gasteiger partial charge >= 0.3 is 0 Å². The molecular weight excluding hydrogens is 348 g/mol. The van der Waals surface area contributed by atoms with Crippen LogP contribution in [0.3, 0.4) is 0 Å². The van der Waals surface area contributed by atoms with Gasteiger partial charge in [-0.25, -0.2) is 4.98 Å². The molecule has 2 aromatic heterocycles. The largest absolute Gasteiger partial charge is 0.392 e. The van der Waals surface area contributed by atoms with E-state index in [-0.39, 0.29) is 6.61 Å². The van der Waals surface area contributed by atoms with Crippen LogP contribution in [0.25, 0.3) is 23.4 Å². The highest BCUT2D eigenvalue weighted by Crippen LogP contribution is 2.34. The molecule has 28 heavy (non-hydrogen) atoms. The molecule has 0 bridgehead atoms. The molecular formula is C23H22N4O. The summed E-state index contributed by atoms with van der Waals surface area (Å²) < 4.78 is 0. The van der Waals surface area contributed by atoms with E-state index in [2.05, 4.69) is 33.0 Å². The summed E-state index contributed by atoms with van der Waals surface area (Å²) in [5.41, 5.74) is 5.64. The molecule has 5 nitrogen and oxygen atoms in total. The molecule has 0 amide bonds. The van der Waals surface area contributed by atoms with Crippen LogP contribution >= 0.6 is 0 Å². The Hall–Kier alpha value is -3.31. The molecule has 4 rings (SSSR count). The Morgan fingerprint density at radius 2 is 1.75 bits per heavy atom. The third-order valence-electron chi connectivity index (χ3n) is 5.08. The number of aliphatic hydroxyl groups is 1. The maximum absolute atomic E-state index is 9.25. The molecule has 0 aliphatic carbocycles. The van der Waals surface area contributed by atoms with E-state index in [0.29, 0.717) is 5.92 Å². The van der Waals surface area contributed by atoms with Crippen LogP contribution in [0.2, 0.25) is 0 Å². The highest BCUT2D eigenvalue weighted by Gasteiger charge is 2.32. The van der Waals surface area contributed by atoms with Gasteiger partial charge in [-0.3, -0.25) is 9.97 Å². The van der Waals surface area contributed by atoms with E-state index in [0.717, 1.165) is 52.7 Å². The minimum atomic E-state index is 0.0372. The van der Waals surface area contributed by atoms with Crippen molar-refractivity contribution in [2.24, 2.45) is 0 Å². The molecule has 0 atom stereocenters. The topological polar surface area (TPSA) is 62.1 Å². The number of pyridine rings is 1. The fraction of sp³-hybridized carbons (Fsp3) is 0.174. The van der Waals surface area contributed by atoms with Gasteiger partial charge in [-0.15, -0.1) is 0 Å². The quantitative estimate of drug-likeness (QED) is 0.713. The van der Waals surface area contributed by atoms with E-state index < -0.39 is 0 Å². The fourth-order valence-corrected chi connectivity index (χ4v) is 3.46. The van der Waals surface area contributed by atoms with E-state index in [4.69, 9.17) is 0 Å². The normalized spacial score (nSPS) is 13.8. The van der Waals surface area contributed by atoms with Gasteiger partial charge in [-0.1, -0.05) is 43.5 Å². The first-order chi connectivity index (χ1) is 13.7. The Morgan fingerprint density at radius 1 is 1.00 bits per heavy atom. The molecule has 1 fully saturated rings. The van der Waals surface area contributed by atoms with Crippen molar-refractivity contribution < 1.29 is 5.11 Å². The van der Waals surface area contributed by atoms with E-state index in [1.165, 1.54) is 0 Å². The standard InChI is InChI=1S/C23H22N4O/c1-3-17-9-10-21(26-20(17)4-2)27-13-19(14-27)23-22(24-11-12-25-23)18-7-5-16(15-28)6-8-18/h3-12,19,28H,1-2,13-15H2. The van der Waals surface area contributed by atoms with Gasteiger partial charge in [0, 0.05) is 37.0 Å². The summed E-state index contributed by atoms with van der Waals surface area (Å²) >= 11 is 0. The maximum atomic E-state index is 9.25. The van der Waals surface area contributed by atoms with Crippen molar-refractivity contribution in [2.45, 2.75) is 12.5 Å². The summed E-state index contributed by atoms with van der Waals surface area (Å²) in [6.45, 7) is 9.39. The smallest absolute Gasteiger partial charge is 0.129 e. The summed E-state index contributed by atoms with van der Waals surface area (Å²) in [5.74, 6) is 1.24. The van der Waals surface area contributed by atoms with Crippen molar-refractivity contribution in [1.29, 1.82) is 0 Å². The Balaban J connectivity index is 1.55. The first-order valence-corrected chi connectivity index (χ1v) is 9.25. The molecule has 3 heterocycles. The first-order valence-electron chi connectivity index (χ1n) is 9.25. The lowest BCUT2D eigenvalue weighted by molar-refractivity contribution is 0.282. The van der Waals surface area contributed by atoms with Crippen molar-refractivity contribution in [3.05, 3.63) is 84.5 Å². The predicted octanol–water partition coefficient (Wildman–Crippen LogP) is 3.92. The van der Waals surface area contributed by atoms with Crippen LogP contribution in [-0.4, -0.2) is 33.1 Å². The Bertz CT molecular complexity index is 1010. The molecule has 1 saturated heterocycles. The SMILES string of the molecule is C=Cc1ccc(N2CC(c3nccnc3-c3ccc(CO)cc3)C2)nc1C=C. The first kappa shape index (κ1) is 18.1. The number of anilines is 1. The van der Waals surface area contributed by atoms with Gasteiger partial charge in [-0.05, 0) is 29.3 Å². The van der Waals surface area contributed by atoms with Gasteiger partial charge < -0.3 is 10.0 Å². The van der Waals surface area contributed by atoms with E-state index in [1.807, 2.05) is 36.4 Å². The van der Waals surface area contributed by atoms with E-state index >= 15 is 0 Å². The number of hydrogen-bond acceptors (Lipinski definition) is 5. The van der Waals surface area contributed by atoms with Gasteiger partial charge in [0.15, 0.2) is 0 Å². The summed E-state index contributed by atoms with van der Waals surface area (Å²) in [4.78, 5) is 16.1. The molecule has 0 spiro atoms. The molecule has 1 N–H and O–H groups in total. The van der Waals surface area contributed by atoms with Crippen LogP contribution in [0.15, 0.2) is 61.9 Å². The third kappa shape index (κ3) is 3.32. The monoisotopic (exact) mass is 370 g/mol. The van der Waals surface area contributed by atoms with Gasteiger partial charge in [0.2, 0.25) is 0 Å². The zero-order chi connectivity index (χ0) is 19.5. The van der Waals surface area contributed by atoms with Crippen LogP contribution in [-0.2, 0) is 6.61 Å². The Morgan fingerprint density at radius 3 is 2.43 bits per heavy atom. The average Bonchev–Trinajstić information content (AvgIpc) is 2.73. The zero-order valence-corrected chi connectivity index (χ0v) is 15.6. The van der Waals surface area contributed by atoms with Gasteiger partial charge in [0.25, 0.3) is 0 Å². The highest BCUT2D eigenvalue weighted by molar-refractivity contribution is 5.65.